The maximum Gasteiger partial charge on any atom is 0.0772 e. The van der Waals surface area contributed by atoms with Crippen LogP contribution < -0.4 is 4.90 Å². The Labute approximate surface area is 105 Å². The van der Waals surface area contributed by atoms with Crippen molar-refractivity contribution in [2.24, 2.45) is 0 Å². The van der Waals surface area contributed by atoms with Crippen LogP contribution in [0.5, 0.6) is 0 Å². The first-order valence-electron chi connectivity index (χ1n) is 5.28. The summed E-state index contributed by atoms with van der Waals surface area (Å²) in [6, 6.07) is 5.78. The number of hydrogen-bond acceptors (Lipinski definition) is 3. The third-order valence-corrected chi connectivity index (χ3v) is 3.10. The SMILES string of the molecule is CC(O)CN(C)c1ccc([C@H](C)O)c(Br)c1. The minimum Gasteiger partial charge on any atom is -0.392 e. The number of benzene rings is 1. The van der Waals surface area contributed by atoms with Gasteiger partial charge in [-0.1, -0.05) is 22.0 Å². The smallest absolute Gasteiger partial charge is 0.0772 e. The Bertz CT molecular complexity index is 353. The van der Waals surface area contributed by atoms with Crippen LogP contribution in [0.2, 0.25) is 0 Å². The molecule has 3 nitrogen and oxygen atoms in total. The van der Waals surface area contributed by atoms with Gasteiger partial charge in [0.2, 0.25) is 0 Å². The number of hydrogen-bond donors (Lipinski definition) is 2. The van der Waals surface area contributed by atoms with Crippen LogP contribution in [-0.2, 0) is 0 Å². The summed E-state index contributed by atoms with van der Waals surface area (Å²) in [5.74, 6) is 0. The van der Waals surface area contributed by atoms with Gasteiger partial charge in [0.15, 0.2) is 0 Å². The van der Waals surface area contributed by atoms with Gasteiger partial charge in [0.05, 0.1) is 12.2 Å². The highest BCUT2D eigenvalue weighted by molar-refractivity contribution is 9.10. The monoisotopic (exact) mass is 287 g/mol. The van der Waals surface area contributed by atoms with Crippen molar-refractivity contribution in [2.45, 2.75) is 26.1 Å². The molecule has 1 unspecified atom stereocenters. The van der Waals surface area contributed by atoms with Gasteiger partial charge >= 0.3 is 0 Å². The van der Waals surface area contributed by atoms with Crippen molar-refractivity contribution in [2.75, 3.05) is 18.5 Å². The minimum atomic E-state index is -0.481. The molecule has 1 aromatic rings. The quantitative estimate of drug-likeness (QED) is 0.893. The molecule has 0 aromatic heterocycles. The highest BCUT2D eigenvalue weighted by Crippen LogP contribution is 2.27. The predicted octanol–water partition coefficient (Wildman–Crippen LogP) is 2.32. The first-order chi connectivity index (χ1) is 7.41. The van der Waals surface area contributed by atoms with Gasteiger partial charge < -0.3 is 15.1 Å². The van der Waals surface area contributed by atoms with Gasteiger partial charge in [0.25, 0.3) is 0 Å². The van der Waals surface area contributed by atoms with E-state index in [0.29, 0.717) is 6.54 Å². The van der Waals surface area contributed by atoms with Gasteiger partial charge in [-0.05, 0) is 31.5 Å². The lowest BCUT2D eigenvalue weighted by molar-refractivity contribution is 0.198. The van der Waals surface area contributed by atoms with Crippen molar-refractivity contribution >= 4 is 21.6 Å². The lowest BCUT2D eigenvalue weighted by Crippen LogP contribution is -2.26. The first-order valence-corrected chi connectivity index (χ1v) is 6.08. The van der Waals surface area contributed by atoms with Gasteiger partial charge in [-0.15, -0.1) is 0 Å². The predicted molar refractivity (Wildman–Crippen MR) is 69.7 cm³/mol. The van der Waals surface area contributed by atoms with E-state index in [4.69, 9.17) is 0 Å². The molecule has 0 saturated carbocycles. The molecule has 4 heteroatoms. The second-order valence-electron chi connectivity index (χ2n) is 4.11. The van der Waals surface area contributed by atoms with Crippen LogP contribution in [0.3, 0.4) is 0 Å². The molecular formula is C12H18BrNO2. The fraction of sp³-hybridized carbons (Fsp3) is 0.500. The Kier molecular flexibility index (Phi) is 4.77. The lowest BCUT2D eigenvalue weighted by atomic mass is 10.1. The number of anilines is 1. The van der Waals surface area contributed by atoms with Crippen LogP contribution >= 0.6 is 15.9 Å². The molecule has 0 aliphatic rings. The fourth-order valence-electron chi connectivity index (χ4n) is 1.59. The molecule has 0 fully saturated rings. The number of nitrogens with zero attached hydrogens (tertiary/aromatic N) is 1. The standard InChI is InChI=1S/C12H18BrNO2/c1-8(15)7-14(3)10-4-5-11(9(2)16)12(13)6-10/h4-6,8-9,15-16H,7H2,1-3H3/t8?,9-/m0/s1. The molecular weight excluding hydrogens is 270 g/mol. The first kappa shape index (κ1) is 13.5. The van der Waals surface area contributed by atoms with Crippen LogP contribution in [0.15, 0.2) is 22.7 Å². The Hall–Kier alpha value is -0.580. The fourth-order valence-corrected chi connectivity index (χ4v) is 2.29. The topological polar surface area (TPSA) is 43.7 Å². The average molecular weight is 288 g/mol. The van der Waals surface area contributed by atoms with Crippen molar-refractivity contribution in [1.82, 2.24) is 0 Å². The number of aliphatic hydroxyl groups is 2. The maximum atomic E-state index is 9.50. The molecule has 1 aromatic carbocycles. The molecule has 1 rings (SSSR count). The van der Waals surface area contributed by atoms with Gasteiger partial charge in [-0.3, -0.25) is 0 Å². The Morgan fingerprint density at radius 2 is 1.94 bits per heavy atom. The van der Waals surface area contributed by atoms with Crippen LogP contribution in [0.25, 0.3) is 0 Å². The highest BCUT2D eigenvalue weighted by atomic mass is 79.9. The van der Waals surface area contributed by atoms with Crippen LogP contribution in [0.1, 0.15) is 25.5 Å². The average Bonchev–Trinajstić information content (AvgIpc) is 2.15. The number of aliphatic hydroxyl groups excluding tert-OH is 2. The summed E-state index contributed by atoms with van der Waals surface area (Å²) in [4.78, 5) is 1.97. The molecule has 0 amide bonds. The normalized spacial score (nSPS) is 14.6. The molecule has 16 heavy (non-hydrogen) atoms. The molecule has 0 spiro atoms. The molecule has 0 saturated heterocycles. The zero-order valence-electron chi connectivity index (χ0n) is 9.81. The summed E-state index contributed by atoms with van der Waals surface area (Å²) < 4.78 is 0.887. The highest BCUT2D eigenvalue weighted by Gasteiger charge is 2.09. The van der Waals surface area contributed by atoms with E-state index in [-0.39, 0.29) is 6.10 Å². The molecule has 0 radical (unpaired) electrons. The maximum absolute atomic E-state index is 9.50. The largest absolute Gasteiger partial charge is 0.392 e. The molecule has 0 heterocycles. The van der Waals surface area contributed by atoms with Crippen molar-refractivity contribution < 1.29 is 10.2 Å². The zero-order valence-corrected chi connectivity index (χ0v) is 11.4. The number of halogens is 1. The van der Waals surface area contributed by atoms with E-state index in [0.717, 1.165) is 15.7 Å². The van der Waals surface area contributed by atoms with E-state index in [9.17, 15) is 10.2 Å². The Balaban J connectivity index is 2.88. The summed E-state index contributed by atoms with van der Waals surface area (Å²) in [5, 5.41) is 18.8. The van der Waals surface area contributed by atoms with E-state index in [1.807, 2.05) is 30.1 Å². The molecule has 2 N–H and O–H groups in total. The van der Waals surface area contributed by atoms with Crippen LogP contribution in [0.4, 0.5) is 5.69 Å². The van der Waals surface area contributed by atoms with Crippen molar-refractivity contribution in [1.29, 1.82) is 0 Å². The summed E-state index contributed by atoms with van der Waals surface area (Å²) in [6.45, 7) is 4.08. The summed E-state index contributed by atoms with van der Waals surface area (Å²) in [5.41, 5.74) is 1.88. The number of likely N-dealkylation sites (N-methyl/N-ethyl adjacent to an activating group) is 1. The second-order valence-corrected chi connectivity index (χ2v) is 4.97. The van der Waals surface area contributed by atoms with E-state index in [2.05, 4.69) is 15.9 Å². The molecule has 0 aliphatic heterocycles. The molecule has 90 valence electrons. The third kappa shape index (κ3) is 3.47. The third-order valence-electron chi connectivity index (χ3n) is 2.41. The summed E-state index contributed by atoms with van der Waals surface area (Å²) in [7, 11) is 1.93. The van der Waals surface area contributed by atoms with E-state index in [1.165, 1.54) is 0 Å². The number of rotatable bonds is 4. The molecule has 0 aliphatic carbocycles. The zero-order chi connectivity index (χ0) is 12.3. The van der Waals surface area contributed by atoms with E-state index >= 15 is 0 Å². The Morgan fingerprint density at radius 1 is 1.31 bits per heavy atom. The van der Waals surface area contributed by atoms with Gasteiger partial charge in [-0.25, -0.2) is 0 Å². The lowest BCUT2D eigenvalue weighted by Gasteiger charge is -2.22. The van der Waals surface area contributed by atoms with Crippen molar-refractivity contribution in [3.63, 3.8) is 0 Å². The van der Waals surface area contributed by atoms with Gasteiger partial charge in [-0.2, -0.15) is 0 Å². The van der Waals surface area contributed by atoms with Gasteiger partial charge in [0, 0.05) is 23.8 Å². The molecule has 0 bridgehead atoms. The van der Waals surface area contributed by atoms with Crippen LogP contribution in [0, 0.1) is 0 Å². The summed E-state index contributed by atoms with van der Waals surface area (Å²) >= 11 is 3.43. The second kappa shape index (κ2) is 5.66. The van der Waals surface area contributed by atoms with Crippen molar-refractivity contribution in [3.8, 4) is 0 Å². The summed E-state index contributed by atoms with van der Waals surface area (Å²) in [6.07, 6.45) is -0.842. The van der Waals surface area contributed by atoms with Crippen molar-refractivity contribution in [3.05, 3.63) is 28.2 Å². The van der Waals surface area contributed by atoms with Gasteiger partial charge in [0.1, 0.15) is 0 Å². The molecule has 2 atom stereocenters. The van der Waals surface area contributed by atoms with Crippen LogP contribution in [-0.4, -0.2) is 29.9 Å². The van der Waals surface area contributed by atoms with E-state index in [1.54, 1.807) is 13.8 Å². The Morgan fingerprint density at radius 3 is 2.38 bits per heavy atom. The minimum absolute atomic E-state index is 0.361. The van der Waals surface area contributed by atoms with E-state index < -0.39 is 6.10 Å².